The van der Waals surface area contributed by atoms with Crippen LogP contribution in [-0.4, -0.2) is 27.8 Å². The van der Waals surface area contributed by atoms with Crippen LogP contribution in [-0.2, 0) is 11.8 Å². The predicted molar refractivity (Wildman–Crippen MR) is 94.9 cm³/mol. The van der Waals surface area contributed by atoms with Crippen LogP contribution in [0.3, 0.4) is 0 Å². The normalized spacial score (nSPS) is 11.2. The number of hydrogen-bond donors (Lipinski definition) is 1. The van der Waals surface area contributed by atoms with Crippen molar-refractivity contribution in [1.82, 2.24) is 14.9 Å². The van der Waals surface area contributed by atoms with Gasteiger partial charge in [-0.1, -0.05) is 37.2 Å². The molecule has 124 valence electrons. The Balaban J connectivity index is 2.09. The molecule has 0 fully saturated rings. The number of hydrogen-bond acceptors (Lipinski definition) is 4. The monoisotopic (exact) mass is 333 g/mol. The van der Waals surface area contributed by atoms with Crippen LogP contribution in [0.1, 0.15) is 25.8 Å². The molecule has 2 rings (SSSR count). The van der Waals surface area contributed by atoms with E-state index in [0.29, 0.717) is 28.5 Å². The summed E-state index contributed by atoms with van der Waals surface area (Å²) in [5.74, 6) is 0.790. The van der Waals surface area contributed by atoms with Gasteiger partial charge in [0, 0.05) is 13.6 Å². The first kappa shape index (κ1) is 17.5. The van der Waals surface area contributed by atoms with E-state index in [9.17, 15) is 9.59 Å². The Morgan fingerprint density at radius 3 is 2.83 bits per heavy atom. The Bertz CT molecular complexity index is 768. The van der Waals surface area contributed by atoms with E-state index >= 15 is 0 Å². The van der Waals surface area contributed by atoms with Crippen molar-refractivity contribution in [3.63, 3.8) is 0 Å². The maximum Gasteiger partial charge on any atom is 0.261 e. The van der Waals surface area contributed by atoms with Gasteiger partial charge in [-0.05, 0) is 31.4 Å². The van der Waals surface area contributed by atoms with E-state index in [-0.39, 0.29) is 17.2 Å². The van der Waals surface area contributed by atoms with Crippen LogP contribution in [0.25, 0.3) is 10.9 Å². The summed E-state index contributed by atoms with van der Waals surface area (Å²) in [5.41, 5.74) is 1.61. The third-order valence-electron chi connectivity index (χ3n) is 3.57. The Morgan fingerprint density at radius 1 is 1.39 bits per heavy atom. The van der Waals surface area contributed by atoms with Gasteiger partial charge in [-0.25, -0.2) is 4.98 Å². The highest BCUT2D eigenvalue weighted by Crippen LogP contribution is 2.17. The van der Waals surface area contributed by atoms with Crippen LogP contribution < -0.4 is 10.9 Å². The number of aryl methyl sites for hydroxylation is 1. The first-order valence-corrected chi connectivity index (χ1v) is 8.74. The molecule has 0 bridgehead atoms. The molecule has 1 heterocycles. The fraction of sp³-hybridized carbons (Fsp3) is 0.471. The first-order valence-electron chi connectivity index (χ1n) is 7.75. The molecule has 0 atom stereocenters. The predicted octanol–water partition coefficient (Wildman–Crippen LogP) is 2.50. The van der Waals surface area contributed by atoms with Crippen molar-refractivity contribution in [3.05, 3.63) is 34.1 Å². The lowest BCUT2D eigenvalue weighted by atomic mass is 10.1. The van der Waals surface area contributed by atoms with Crippen molar-refractivity contribution in [2.45, 2.75) is 32.3 Å². The molecule has 0 saturated heterocycles. The number of amides is 1. The minimum absolute atomic E-state index is 0.0334. The summed E-state index contributed by atoms with van der Waals surface area (Å²) in [5, 5.41) is 4.06. The zero-order valence-corrected chi connectivity index (χ0v) is 14.9. The Morgan fingerprint density at radius 2 is 2.13 bits per heavy atom. The zero-order valence-electron chi connectivity index (χ0n) is 14.0. The van der Waals surface area contributed by atoms with Crippen molar-refractivity contribution < 1.29 is 4.79 Å². The van der Waals surface area contributed by atoms with Gasteiger partial charge in [0.25, 0.3) is 5.56 Å². The lowest BCUT2D eigenvalue weighted by Crippen LogP contribution is -2.27. The molecule has 1 aromatic heterocycles. The molecule has 23 heavy (non-hydrogen) atoms. The molecule has 6 heteroatoms. The zero-order chi connectivity index (χ0) is 17.0. The SMILES string of the molecule is Cc1ccc2nc(SCC(=O)NCCC(C)C)n(C)c(=O)c2c1. The maximum atomic E-state index is 12.4. The molecule has 5 nitrogen and oxygen atoms in total. The van der Waals surface area contributed by atoms with Crippen molar-refractivity contribution in [2.75, 3.05) is 12.3 Å². The van der Waals surface area contributed by atoms with E-state index in [2.05, 4.69) is 24.1 Å². The molecule has 0 aliphatic rings. The number of fused-ring (bicyclic) bond motifs is 1. The minimum Gasteiger partial charge on any atom is -0.355 e. The molecule has 1 aromatic carbocycles. The van der Waals surface area contributed by atoms with Gasteiger partial charge in [-0.3, -0.25) is 14.2 Å². The number of nitrogens with one attached hydrogen (secondary N) is 1. The molecule has 1 amide bonds. The molecule has 1 N–H and O–H groups in total. The summed E-state index contributed by atoms with van der Waals surface area (Å²) < 4.78 is 1.51. The van der Waals surface area contributed by atoms with Gasteiger partial charge in [0.1, 0.15) is 0 Å². The van der Waals surface area contributed by atoms with E-state index in [4.69, 9.17) is 0 Å². The number of nitrogens with zero attached hydrogens (tertiary/aromatic N) is 2. The summed E-state index contributed by atoms with van der Waals surface area (Å²) in [6.45, 7) is 6.87. The number of aromatic nitrogens is 2. The smallest absolute Gasteiger partial charge is 0.261 e. The van der Waals surface area contributed by atoms with E-state index in [1.165, 1.54) is 16.3 Å². The molecule has 0 saturated carbocycles. The number of carbonyl (C=O) groups excluding carboxylic acids is 1. The highest BCUT2D eigenvalue weighted by Gasteiger charge is 2.11. The Kier molecular flexibility index (Phi) is 5.82. The Labute approximate surface area is 140 Å². The highest BCUT2D eigenvalue weighted by molar-refractivity contribution is 7.99. The average Bonchev–Trinajstić information content (AvgIpc) is 2.49. The molecule has 0 radical (unpaired) electrons. The molecule has 0 spiro atoms. The summed E-state index contributed by atoms with van der Waals surface area (Å²) >= 11 is 1.29. The lowest BCUT2D eigenvalue weighted by molar-refractivity contribution is -0.118. The van der Waals surface area contributed by atoms with E-state index in [1.54, 1.807) is 7.05 Å². The van der Waals surface area contributed by atoms with Crippen LogP contribution in [0.4, 0.5) is 0 Å². The largest absolute Gasteiger partial charge is 0.355 e. The van der Waals surface area contributed by atoms with Gasteiger partial charge < -0.3 is 5.32 Å². The van der Waals surface area contributed by atoms with Gasteiger partial charge >= 0.3 is 0 Å². The quantitative estimate of drug-likeness (QED) is 0.652. The molecule has 0 aliphatic carbocycles. The average molecular weight is 333 g/mol. The third-order valence-corrected chi connectivity index (χ3v) is 4.60. The standard InChI is InChI=1S/C17H23N3O2S/c1-11(2)7-8-18-15(21)10-23-17-19-14-6-5-12(3)9-13(14)16(22)20(17)4/h5-6,9,11H,7-8,10H2,1-4H3,(H,18,21). The Hall–Kier alpha value is -1.82. The van der Waals surface area contributed by atoms with Crippen LogP contribution in [0.5, 0.6) is 0 Å². The fourth-order valence-corrected chi connectivity index (χ4v) is 2.98. The summed E-state index contributed by atoms with van der Waals surface area (Å²) in [7, 11) is 1.69. The van der Waals surface area contributed by atoms with Gasteiger partial charge in [0.05, 0.1) is 16.7 Å². The van der Waals surface area contributed by atoms with Crippen LogP contribution in [0, 0.1) is 12.8 Å². The summed E-state index contributed by atoms with van der Waals surface area (Å²) in [4.78, 5) is 28.8. The van der Waals surface area contributed by atoms with E-state index in [1.807, 2.05) is 25.1 Å². The number of thioether (sulfide) groups is 1. The minimum atomic E-state index is -0.0820. The number of rotatable bonds is 6. The van der Waals surface area contributed by atoms with Gasteiger partial charge in [-0.2, -0.15) is 0 Å². The molecule has 2 aromatic rings. The first-order chi connectivity index (χ1) is 10.9. The fourth-order valence-electron chi connectivity index (χ4n) is 2.17. The highest BCUT2D eigenvalue weighted by atomic mass is 32.2. The molecular weight excluding hydrogens is 310 g/mol. The molecule has 0 aliphatic heterocycles. The number of benzene rings is 1. The molecular formula is C17H23N3O2S. The van der Waals surface area contributed by atoms with Crippen molar-refractivity contribution >= 4 is 28.6 Å². The number of carbonyl (C=O) groups is 1. The summed E-state index contributed by atoms with van der Waals surface area (Å²) in [6.07, 6.45) is 0.961. The second-order valence-electron chi connectivity index (χ2n) is 6.10. The van der Waals surface area contributed by atoms with Gasteiger partial charge in [0.2, 0.25) is 5.91 Å². The van der Waals surface area contributed by atoms with Crippen LogP contribution >= 0.6 is 11.8 Å². The molecule has 0 unspecified atom stereocenters. The van der Waals surface area contributed by atoms with Crippen LogP contribution in [0.2, 0.25) is 0 Å². The third kappa shape index (κ3) is 4.58. The summed E-state index contributed by atoms with van der Waals surface area (Å²) in [6, 6.07) is 5.62. The lowest BCUT2D eigenvalue weighted by Gasteiger charge is -2.10. The van der Waals surface area contributed by atoms with E-state index < -0.39 is 0 Å². The van der Waals surface area contributed by atoms with Crippen LogP contribution in [0.15, 0.2) is 28.2 Å². The van der Waals surface area contributed by atoms with Crippen molar-refractivity contribution in [2.24, 2.45) is 13.0 Å². The maximum absolute atomic E-state index is 12.4. The van der Waals surface area contributed by atoms with E-state index in [0.717, 1.165) is 12.0 Å². The van der Waals surface area contributed by atoms with Crippen molar-refractivity contribution in [3.8, 4) is 0 Å². The van der Waals surface area contributed by atoms with Gasteiger partial charge in [0.15, 0.2) is 5.16 Å². The van der Waals surface area contributed by atoms with Gasteiger partial charge in [-0.15, -0.1) is 0 Å². The second-order valence-corrected chi connectivity index (χ2v) is 7.04. The van der Waals surface area contributed by atoms with Crippen molar-refractivity contribution in [1.29, 1.82) is 0 Å². The second kappa shape index (κ2) is 7.64. The topological polar surface area (TPSA) is 64.0 Å².